The number of aromatic amines is 3. The fourth-order valence-corrected chi connectivity index (χ4v) is 14.2. The number of aromatic nitrogens is 12. The number of ether oxygens (including phenoxy) is 5. The van der Waals surface area contributed by atoms with E-state index in [0.717, 1.165) is 69.0 Å². The zero-order valence-electron chi connectivity index (χ0n) is 58.9. The summed E-state index contributed by atoms with van der Waals surface area (Å²) in [6, 6.07) is 53.7. The van der Waals surface area contributed by atoms with E-state index < -0.39 is 112 Å². The summed E-state index contributed by atoms with van der Waals surface area (Å²) in [4.78, 5) is 71.3. The summed E-state index contributed by atoms with van der Waals surface area (Å²) in [5.41, 5.74) is -1.50. The lowest BCUT2D eigenvalue weighted by atomic mass is 9.77. The molecule has 0 spiro atoms. The van der Waals surface area contributed by atoms with Gasteiger partial charge in [-0.2, -0.15) is 15.0 Å². The molecule has 0 radical (unpaired) electrons. The van der Waals surface area contributed by atoms with Gasteiger partial charge in [0, 0.05) is 6.42 Å². The van der Waals surface area contributed by atoms with Gasteiger partial charge < -0.3 is 60.5 Å². The first-order valence-corrected chi connectivity index (χ1v) is 34.0. The van der Waals surface area contributed by atoms with Crippen LogP contribution < -0.4 is 42.5 Å². The molecule has 15 rings (SSSR count). The van der Waals surface area contributed by atoms with Crippen LogP contribution in [-0.2, 0) is 25.3 Å². The van der Waals surface area contributed by atoms with E-state index in [1.165, 1.54) is 24.7 Å². The predicted octanol–water partition coefficient (Wildman–Crippen LogP) is 9.29. The number of imidazole rings is 3. The Bertz CT molecular complexity index is 5050. The number of hydrogen-bond acceptors (Lipinski definition) is 21. The minimum atomic E-state index is -3.07. The molecule has 3 fully saturated rings. The number of aliphatic hydroxyl groups is 4. The second-order valence-electron chi connectivity index (χ2n) is 26.8. The van der Waals surface area contributed by atoms with Crippen molar-refractivity contribution in [3.8, 4) is 11.5 Å². The fourth-order valence-electron chi connectivity index (χ4n) is 14.2. The van der Waals surface area contributed by atoms with Gasteiger partial charge in [0.25, 0.3) is 28.4 Å². The number of aliphatic hydroxyl groups excluding tert-OH is 4. The van der Waals surface area contributed by atoms with Gasteiger partial charge in [0.05, 0.1) is 39.1 Å². The molecule has 0 bridgehead atoms. The topological polar surface area (TPSA) is 368 Å². The van der Waals surface area contributed by atoms with Crippen LogP contribution in [0.5, 0.6) is 11.5 Å². The molecule has 6 aromatic heterocycles. The maximum absolute atomic E-state index is 16.1. The van der Waals surface area contributed by atoms with Crippen LogP contribution in [0.25, 0.3) is 33.5 Å². The monoisotopic (exact) mass is 1490 g/mol. The van der Waals surface area contributed by atoms with Crippen molar-refractivity contribution in [3.05, 3.63) is 253 Å². The Morgan fingerprint density at radius 2 is 0.769 bits per heavy atom. The van der Waals surface area contributed by atoms with Crippen LogP contribution in [0.4, 0.5) is 44.2 Å². The van der Waals surface area contributed by atoms with Crippen molar-refractivity contribution < 1.29 is 70.5 Å². The van der Waals surface area contributed by atoms with Gasteiger partial charge in [-0.25, -0.2) is 41.3 Å². The molecule has 3 saturated heterocycles. The van der Waals surface area contributed by atoms with Crippen molar-refractivity contribution in [2.45, 2.75) is 118 Å². The largest absolute Gasteiger partial charge is 0.497 e. The Balaban J connectivity index is 0.000000151. The lowest BCUT2D eigenvalue weighted by Gasteiger charge is -2.37. The highest BCUT2D eigenvalue weighted by Crippen LogP contribution is 2.54. The van der Waals surface area contributed by atoms with Crippen molar-refractivity contribution >= 4 is 51.3 Å². The highest BCUT2D eigenvalue weighted by Gasteiger charge is 2.66. The molecule has 33 heteroatoms. The number of nitrogen functional groups attached to an aromatic ring is 1. The van der Waals surface area contributed by atoms with Crippen molar-refractivity contribution in [2.75, 3.05) is 43.8 Å². The molecule has 12 atom stereocenters. The smallest absolute Gasteiger partial charge is 0.280 e. The summed E-state index contributed by atoms with van der Waals surface area (Å²) in [5, 5.41) is 45.5. The van der Waals surface area contributed by atoms with E-state index in [-0.39, 0.29) is 57.8 Å². The molecule has 564 valence electrons. The molecule has 0 unspecified atom stereocenters. The first kappa shape index (κ1) is 74.9. The minimum Gasteiger partial charge on any atom is -0.497 e. The Labute approximate surface area is 610 Å². The molecule has 27 nitrogen and oxygen atoms in total. The zero-order chi connectivity index (χ0) is 77.1. The minimum absolute atomic E-state index is 0.00412. The maximum Gasteiger partial charge on any atom is 0.280 e. The standard InChI is InChI=1S/C33H33F2N5O3.C31H29F2N5O5.C11H13F2N5O4/c1-5-32(35)21(2)31(3,34)29(43-32)40-20-36-26-27(40)37-30(38-28(26)41)39-33(22-12-8-6-9-13-22,23-14-10-7-11-15-23)24-16-18-25(42-4)19-17-24;1-29(32)26(41)30(33,17-39)43-27(29)38-18-34-23-24(38)35-28(36-25(23)40)37-31(19-9-5-3-6-10-19,20-11-7-4-8-12-20)21-13-15-22(42-2)16-14-21;1-10(12)7(21)11(13,2-19)22-8(10)18-3-15-4-5(18)16-9(14)17-6(4)20/h6-21,29H,5H2,1-4H3,(H2,37,38,39,41);3-16,18,26-27,39,41H,17H2,1-2H3,(H2,35,36,37,40);3,7-8,19,21H,2H2,1H3,(H3,14,16,17,20)/t21-,29+,31+,32+;26-,27+,29+,30+;7-,8+,10+,11+/m000/s1. The Morgan fingerprint density at radius 3 is 1.06 bits per heavy atom. The highest BCUT2D eigenvalue weighted by molar-refractivity contribution is 5.74. The second kappa shape index (κ2) is 28.4. The zero-order valence-corrected chi connectivity index (χ0v) is 58.9. The average molecular weight is 1490 g/mol. The van der Waals surface area contributed by atoms with E-state index in [1.807, 2.05) is 170 Å². The molecule has 12 aromatic rings. The molecular weight excluding hydrogens is 1420 g/mol. The molecular formula is C75H75F6N15O12. The molecule has 0 amide bonds. The van der Waals surface area contributed by atoms with E-state index in [0.29, 0.717) is 11.5 Å². The Kier molecular flexibility index (Phi) is 19.7. The van der Waals surface area contributed by atoms with Crippen LogP contribution in [0.2, 0.25) is 0 Å². The Morgan fingerprint density at radius 1 is 0.472 bits per heavy atom. The number of hydrogen-bond donors (Lipinski definition) is 10. The van der Waals surface area contributed by atoms with Gasteiger partial charge in [0.2, 0.25) is 23.7 Å². The van der Waals surface area contributed by atoms with E-state index in [4.69, 9.17) is 39.5 Å². The number of benzene rings is 6. The van der Waals surface area contributed by atoms with Crippen LogP contribution in [-0.4, -0.2) is 153 Å². The third-order valence-electron chi connectivity index (χ3n) is 20.2. The summed E-state index contributed by atoms with van der Waals surface area (Å²) < 4.78 is 121. The van der Waals surface area contributed by atoms with Gasteiger partial charge in [-0.1, -0.05) is 159 Å². The molecule has 108 heavy (non-hydrogen) atoms. The molecule has 11 N–H and O–H groups in total. The number of fused-ring (bicyclic) bond motifs is 3. The van der Waals surface area contributed by atoms with Crippen LogP contribution >= 0.6 is 0 Å². The van der Waals surface area contributed by atoms with Gasteiger partial charge in [0.1, 0.15) is 35.8 Å². The van der Waals surface area contributed by atoms with Crippen molar-refractivity contribution in [3.63, 3.8) is 0 Å². The number of anilines is 3. The second-order valence-corrected chi connectivity index (χ2v) is 26.8. The van der Waals surface area contributed by atoms with Crippen molar-refractivity contribution in [1.82, 2.24) is 58.6 Å². The maximum atomic E-state index is 16.1. The number of H-pyrrole nitrogens is 3. The van der Waals surface area contributed by atoms with Gasteiger partial charge >= 0.3 is 0 Å². The summed E-state index contributed by atoms with van der Waals surface area (Å²) in [6.07, 6.45) is -6.08. The van der Waals surface area contributed by atoms with Crippen LogP contribution in [0.3, 0.4) is 0 Å². The van der Waals surface area contributed by atoms with Gasteiger partial charge in [-0.15, -0.1) is 0 Å². The van der Waals surface area contributed by atoms with E-state index >= 15 is 17.6 Å². The lowest BCUT2D eigenvalue weighted by molar-refractivity contribution is -0.206. The molecule has 0 aliphatic carbocycles. The third-order valence-corrected chi connectivity index (χ3v) is 20.2. The predicted molar refractivity (Wildman–Crippen MR) is 384 cm³/mol. The Hall–Kier alpha value is -11.3. The number of nitrogens with one attached hydrogen (secondary N) is 5. The van der Waals surface area contributed by atoms with E-state index in [1.54, 1.807) is 21.1 Å². The van der Waals surface area contributed by atoms with E-state index in [9.17, 15) is 38.5 Å². The van der Waals surface area contributed by atoms with Gasteiger partial charge in [-0.3, -0.25) is 43.0 Å². The SMILES string of the molecule is CC[C@@]1(F)O[C@@H](n2cnc3c(=O)[nH]c(NC(c4ccccc4)(c4ccccc4)c4ccc(OC)cc4)nc32)[C@](C)(F)[C@@H]1C.COc1ccc(C(Nc2nc3c(ncn3[C@@H]3O[C@](F)(CO)[C@@H](O)[C@@]3(C)F)c(=O)[nH]2)(c2ccccc2)c2ccccc2)cc1.C[C@]1(F)[C@H](n2cnc3c(=O)[nH]c(N)nc32)O[C@](F)(CO)[C@H]1O. The molecule has 3 aliphatic rings. The molecule has 3 aliphatic heterocycles. The lowest BCUT2D eigenvalue weighted by Crippen LogP contribution is -2.46. The van der Waals surface area contributed by atoms with Crippen LogP contribution in [0, 0.1) is 5.92 Å². The summed E-state index contributed by atoms with van der Waals surface area (Å²) in [5.74, 6) is -8.11. The van der Waals surface area contributed by atoms with Gasteiger partial charge in [-0.05, 0) is 78.4 Å². The molecule has 0 saturated carbocycles. The first-order chi connectivity index (χ1) is 51.5. The third kappa shape index (κ3) is 12.7. The number of nitrogens with two attached hydrogens (primary N) is 1. The van der Waals surface area contributed by atoms with Gasteiger partial charge in [0.15, 0.2) is 81.4 Å². The van der Waals surface area contributed by atoms with Crippen LogP contribution in [0.1, 0.15) is 93.1 Å². The summed E-state index contributed by atoms with van der Waals surface area (Å²) in [6.45, 7) is 3.72. The fraction of sp³-hybridized carbons (Fsp3) is 0.320. The normalized spacial score (nSPS) is 26.2. The number of nitrogens with zero attached hydrogens (tertiary/aromatic N) is 9. The molecule has 9 heterocycles. The average Bonchev–Trinajstić information content (AvgIpc) is 1.53. The summed E-state index contributed by atoms with van der Waals surface area (Å²) in [7, 11) is 3.18. The van der Waals surface area contributed by atoms with Crippen molar-refractivity contribution in [2.24, 2.45) is 5.92 Å². The van der Waals surface area contributed by atoms with Crippen molar-refractivity contribution in [1.29, 1.82) is 0 Å². The number of alkyl halides is 6. The van der Waals surface area contributed by atoms with E-state index in [2.05, 4.69) is 50.5 Å². The number of methoxy groups -OCH3 is 2. The molecule has 6 aromatic carbocycles. The highest BCUT2D eigenvalue weighted by atomic mass is 19.2. The number of halogens is 6. The quantitative estimate of drug-likeness (QED) is 0.0282. The van der Waals surface area contributed by atoms with Crippen LogP contribution in [0.15, 0.2) is 203 Å². The summed E-state index contributed by atoms with van der Waals surface area (Å²) >= 11 is 0. The first-order valence-electron chi connectivity index (χ1n) is 34.0. The number of rotatable bonds is 18.